The van der Waals surface area contributed by atoms with Crippen molar-refractivity contribution < 1.29 is 27.0 Å². The molecule has 0 fully saturated rings. The van der Waals surface area contributed by atoms with E-state index in [0.717, 1.165) is 6.07 Å². The zero-order valence-electron chi connectivity index (χ0n) is 5.35. The molecule has 0 saturated carbocycles. The topological polar surface area (TPSA) is 70.2 Å². The molecule has 0 radical (unpaired) electrons. The average Bonchev–Trinajstić information content (AvgIpc) is 1.88. The van der Waals surface area contributed by atoms with Crippen molar-refractivity contribution in [2.75, 3.05) is 0 Å². The summed E-state index contributed by atoms with van der Waals surface area (Å²) in [5.74, 6) is -1.09. The van der Waals surface area contributed by atoms with E-state index >= 15 is 0 Å². The summed E-state index contributed by atoms with van der Waals surface area (Å²) in [4.78, 5) is 23.0. The molecule has 1 aromatic rings. The summed E-state index contributed by atoms with van der Waals surface area (Å²) in [7, 11) is 0. The van der Waals surface area contributed by atoms with Gasteiger partial charge in [-0.3, -0.25) is 4.79 Å². The van der Waals surface area contributed by atoms with Crippen LogP contribution >= 0.6 is 0 Å². The maximum Gasteiger partial charge on any atom is 0.335 e. The summed E-state index contributed by atoms with van der Waals surface area (Å²) in [5, 5.41) is 8.36. The minimum Gasteiger partial charge on any atom is -0.478 e. The summed E-state index contributed by atoms with van der Waals surface area (Å²) in [6.07, 6.45) is 1.30. The third kappa shape index (κ3) is 2.57. The van der Waals surface area contributed by atoms with Crippen molar-refractivity contribution in [3.8, 4) is 0 Å². The predicted octanol–water partition coefficient (Wildman–Crippen LogP) is 0.0706. The molecule has 1 heterocycles. The number of carboxylic acids is 1. The van der Waals surface area contributed by atoms with Crippen LogP contribution in [0, 0.1) is 0 Å². The van der Waals surface area contributed by atoms with Gasteiger partial charge in [-0.05, 0) is 6.07 Å². The third-order valence-electron chi connectivity index (χ3n) is 1.02. The van der Waals surface area contributed by atoms with Gasteiger partial charge >= 0.3 is 5.97 Å². The molecule has 0 aromatic carbocycles. The van der Waals surface area contributed by atoms with Crippen LogP contribution in [-0.2, 0) is 17.1 Å². The Bertz CT molecular complexity index is 307. The molecule has 60 valence electrons. The van der Waals surface area contributed by atoms with E-state index in [1.54, 1.807) is 0 Å². The van der Waals surface area contributed by atoms with Gasteiger partial charge in [-0.15, -0.1) is 0 Å². The summed E-state index contributed by atoms with van der Waals surface area (Å²) in [5.41, 5.74) is -0.399. The zero-order chi connectivity index (χ0) is 7.56. The normalized spacial score (nSPS) is 8.36. The van der Waals surface area contributed by atoms with E-state index in [-0.39, 0.29) is 22.6 Å². The molecule has 11 heavy (non-hydrogen) atoms. The predicted molar refractivity (Wildman–Crippen MR) is 34.0 cm³/mol. The molecular weight excluding hydrogens is 190 g/mol. The summed E-state index contributed by atoms with van der Waals surface area (Å²) < 4.78 is 0. The Labute approximate surface area is 72.7 Å². The molecule has 4 nitrogen and oxygen atoms in total. The first-order valence-corrected chi connectivity index (χ1v) is 2.62. The first kappa shape index (κ1) is 9.94. The van der Waals surface area contributed by atoms with Crippen molar-refractivity contribution >= 4 is 5.97 Å². The van der Waals surface area contributed by atoms with Gasteiger partial charge < -0.3 is 10.1 Å². The Morgan fingerprint density at radius 1 is 1.55 bits per heavy atom. The van der Waals surface area contributed by atoms with E-state index in [1.165, 1.54) is 12.3 Å². The minimum atomic E-state index is -1.09. The zero-order valence-corrected chi connectivity index (χ0v) is 6.45. The van der Waals surface area contributed by atoms with Crippen molar-refractivity contribution in [1.29, 1.82) is 0 Å². The maximum atomic E-state index is 10.5. The summed E-state index contributed by atoms with van der Waals surface area (Å²) >= 11 is 0. The number of rotatable bonds is 1. The molecule has 2 N–H and O–H groups in total. The first-order chi connectivity index (χ1) is 4.70. The van der Waals surface area contributed by atoms with Gasteiger partial charge in [0, 0.05) is 29.3 Å². The second-order valence-corrected chi connectivity index (χ2v) is 1.75. The van der Waals surface area contributed by atoms with Crippen LogP contribution in [0.15, 0.2) is 23.1 Å². The third-order valence-corrected chi connectivity index (χ3v) is 1.02. The number of carbonyl (C=O) groups is 1. The van der Waals surface area contributed by atoms with Gasteiger partial charge in [-0.25, -0.2) is 4.79 Å². The molecule has 0 atom stereocenters. The smallest absolute Gasteiger partial charge is 0.335 e. The molecule has 0 bridgehead atoms. The Morgan fingerprint density at radius 3 is 2.55 bits per heavy atom. The average molecular weight is 195 g/mol. The van der Waals surface area contributed by atoms with Gasteiger partial charge in [0.15, 0.2) is 0 Å². The monoisotopic (exact) mass is 195 g/mol. The molecule has 1 aromatic heterocycles. The van der Waals surface area contributed by atoms with Crippen molar-refractivity contribution in [3.05, 3.63) is 34.2 Å². The number of hydrogen-bond acceptors (Lipinski definition) is 2. The molecule has 0 aliphatic carbocycles. The van der Waals surface area contributed by atoms with E-state index in [4.69, 9.17) is 5.11 Å². The first-order valence-electron chi connectivity index (χ1n) is 2.62. The molecule has 5 heteroatoms. The van der Waals surface area contributed by atoms with Crippen molar-refractivity contribution in [2.24, 2.45) is 0 Å². The number of carboxylic acid groups (broad SMARTS) is 1. The molecule has 0 aliphatic heterocycles. The van der Waals surface area contributed by atoms with Crippen LogP contribution in [0.3, 0.4) is 0 Å². The maximum absolute atomic E-state index is 10.5. The number of pyridine rings is 1. The molecule has 0 unspecified atom stereocenters. The van der Waals surface area contributed by atoms with Gasteiger partial charge in [0.05, 0.1) is 5.56 Å². The molecule has 0 spiro atoms. The molecular formula is C6H5FeNO3. The Hall–Kier alpha value is -1.06. The van der Waals surface area contributed by atoms with Crippen molar-refractivity contribution in [1.82, 2.24) is 4.98 Å². The Morgan fingerprint density at radius 2 is 2.18 bits per heavy atom. The van der Waals surface area contributed by atoms with Crippen LogP contribution in [0.1, 0.15) is 10.4 Å². The number of aromatic carboxylic acids is 1. The van der Waals surface area contributed by atoms with Crippen LogP contribution < -0.4 is 5.56 Å². The van der Waals surface area contributed by atoms with E-state index in [1.807, 2.05) is 0 Å². The Kier molecular flexibility index (Phi) is 3.57. The number of aromatic amines is 1. The molecule has 0 saturated heterocycles. The van der Waals surface area contributed by atoms with Crippen LogP contribution in [0.4, 0.5) is 0 Å². The fourth-order valence-corrected chi connectivity index (χ4v) is 0.578. The van der Waals surface area contributed by atoms with Crippen LogP contribution in [-0.4, -0.2) is 16.1 Å². The van der Waals surface area contributed by atoms with Crippen LogP contribution in [0.2, 0.25) is 0 Å². The standard InChI is InChI=1S/C6H5NO3.Fe/c8-5-3-4(6(9)10)1-2-7-5;/h1-3H,(H,7,8)(H,9,10);. The second kappa shape index (κ2) is 3.95. The molecule has 0 amide bonds. The summed E-state index contributed by atoms with van der Waals surface area (Å²) in [6.45, 7) is 0. The minimum absolute atomic E-state index is 0. The van der Waals surface area contributed by atoms with E-state index in [2.05, 4.69) is 4.98 Å². The van der Waals surface area contributed by atoms with Gasteiger partial charge in [-0.1, -0.05) is 0 Å². The van der Waals surface area contributed by atoms with Gasteiger partial charge in [0.2, 0.25) is 5.56 Å². The summed E-state index contributed by atoms with van der Waals surface area (Å²) in [6, 6.07) is 2.35. The van der Waals surface area contributed by atoms with Crippen LogP contribution in [0.25, 0.3) is 0 Å². The van der Waals surface area contributed by atoms with Crippen LogP contribution in [0.5, 0.6) is 0 Å². The number of H-pyrrole nitrogens is 1. The SMILES string of the molecule is O=C(O)c1cc[nH]c(=O)c1.[Fe]. The molecule has 1 rings (SSSR count). The number of hydrogen-bond donors (Lipinski definition) is 2. The fraction of sp³-hybridized carbons (Fsp3) is 0. The quantitative estimate of drug-likeness (QED) is 0.623. The second-order valence-electron chi connectivity index (χ2n) is 1.75. The Balaban J connectivity index is 0.000001000. The molecule has 0 aliphatic rings. The van der Waals surface area contributed by atoms with E-state index < -0.39 is 11.5 Å². The number of nitrogens with one attached hydrogen (secondary N) is 1. The largest absolute Gasteiger partial charge is 0.478 e. The van der Waals surface area contributed by atoms with Crippen molar-refractivity contribution in [2.45, 2.75) is 0 Å². The fourth-order valence-electron chi connectivity index (χ4n) is 0.578. The van der Waals surface area contributed by atoms with Gasteiger partial charge in [0.25, 0.3) is 0 Å². The van der Waals surface area contributed by atoms with Gasteiger partial charge in [-0.2, -0.15) is 0 Å². The van der Waals surface area contributed by atoms with Crippen molar-refractivity contribution in [3.63, 3.8) is 0 Å². The van der Waals surface area contributed by atoms with E-state index in [0.29, 0.717) is 0 Å². The van der Waals surface area contributed by atoms with Gasteiger partial charge in [0.1, 0.15) is 0 Å². The number of aromatic nitrogens is 1. The van der Waals surface area contributed by atoms with E-state index in [9.17, 15) is 9.59 Å².